The molecule has 0 spiro atoms. The maximum Gasteiger partial charge on any atom is 0.459 e. The Morgan fingerprint density at radius 3 is 2.47 bits per heavy atom. The van der Waals surface area contributed by atoms with Gasteiger partial charge in [0, 0.05) is 6.20 Å². The summed E-state index contributed by atoms with van der Waals surface area (Å²) < 4.78 is 78.0. The van der Waals surface area contributed by atoms with Gasteiger partial charge in [-0.3, -0.25) is 13.9 Å². The highest BCUT2D eigenvalue weighted by atomic mass is 32.1. The largest absolute Gasteiger partial charge is 0.462 e. The normalized spacial score (nSPS) is 24.1. The second kappa shape index (κ2) is 12.4. The summed E-state index contributed by atoms with van der Waals surface area (Å²) in [7, 11) is -4.41. The minimum absolute atomic E-state index is 0.0949. The highest BCUT2D eigenvalue weighted by Gasteiger charge is 2.58. The van der Waals surface area contributed by atoms with Gasteiger partial charge in [0.15, 0.2) is 11.0 Å². The Bertz CT molecular complexity index is 1280. The van der Waals surface area contributed by atoms with Crippen LogP contribution in [0.5, 0.6) is 5.75 Å². The van der Waals surface area contributed by atoms with Crippen molar-refractivity contribution in [1.29, 1.82) is 0 Å². The number of rotatable bonds is 10. The molecule has 1 aliphatic heterocycles. The van der Waals surface area contributed by atoms with E-state index >= 15 is 0 Å². The quantitative estimate of drug-likeness (QED) is 0.199. The summed E-state index contributed by atoms with van der Waals surface area (Å²) in [5, 5.41) is 13.0. The third-order valence-electron chi connectivity index (χ3n) is 5.31. The van der Waals surface area contributed by atoms with Crippen LogP contribution in [-0.4, -0.2) is 57.8 Å². The van der Waals surface area contributed by atoms with Crippen molar-refractivity contribution in [3.8, 4) is 5.75 Å². The first-order valence-corrected chi connectivity index (χ1v) is 13.8. The van der Waals surface area contributed by atoms with Gasteiger partial charge in [0.05, 0.1) is 18.8 Å². The van der Waals surface area contributed by atoms with Gasteiger partial charge in [-0.05, 0) is 51.2 Å². The molecule has 3 N–H and O–H groups in total. The fraction of sp³-hybridized carbons (Fsp3) is 0.500. The zero-order valence-electron chi connectivity index (χ0n) is 20.5. The number of nitrogens with one attached hydrogen (secondary N) is 2. The van der Waals surface area contributed by atoms with Crippen molar-refractivity contribution in [2.75, 3.05) is 6.61 Å². The Balaban J connectivity index is 1.85. The fourth-order valence-electron chi connectivity index (χ4n) is 3.61. The SMILES string of the molecule is CC(C)OC(=O)[C@H](C)NP(=O)(OC[C@H]1O[C@@H](n2ccc(=S)[nH]c2=S)C(C(F)(F)F)[C@H]1O)Oc1ccccc1. The molecule has 0 saturated carbocycles. The third-order valence-corrected chi connectivity index (χ3v) is 7.50. The number of ether oxygens (including phenoxy) is 2. The van der Waals surface area contributed by atoms with E-state index in [0.717, 1.165) is 4.57 Å². The minimum atomic E-state index is -4.89. The maximum atomic E-state index is 14.0. The molecule has 2 heterocycles. The summed E-state index contributed by atoms with van der Waals surface area (Å²) in [6.45, 7) is 3.82. The number of aliphatic hydroxyl groups is 1. The average Bonchev–Trinajstić information content (AvgIpc) is 3.14. The van der Waals surface area contributed by atoms with E-state index in [1.54, 1.807) is 32.0 Å². The second-order valence-corrected chi connectivity index (χ2v) is 11.2. The van der Waals surface area contributed by atoms with Gasteiger partial charge in [0.2, 0.25) is 0 Å². The zero-order chi connectivity index (χ0) is 28.3. The van der Waals surface area contributed by atoms with Crippen LogP contribution in [0.3, 0.4) is 0 Å². The number of aromatic nitrogens is 2. The van der Waals surface area contributed by atoms with Crippen molar-refractivity contribution in [1.82, 2.24) is 14.6 Å². The van der Waals surface area contributed by atoms with Gasteiger partial charge in [-0.1, -0.05) is 30.4 Å². The number of esters is 1. The van der Waals surface area contributed by atoms with Crippen LogP contribution in [-0.2, 0) is 23.4 Å². The van der Waals surface area contributed by atoms with Gasteiger partial charge in [-0.25, -0.2) is 4.57 Å². The smallest absolute Gasteiger partial charge is 0.459 e. The number of aliphatic hydroxyl groups excluding tert-OH is 1. The summed E-state index contributed by atoms with van der Waals surface area (Å²) in [5.41, 5.74) is 0. The average molecular weight is 598 g/mol. The first-order chi connectivity index (χ1) is 17.7. The Kier molecular flexibility index (Phi) is 9.90. The molecular weight excluding hydrogens is 570 g/mol. The molecule has 0 aliphatic carbocycles. The lowest BCUT2D eigenvalue weighted by Gasteiger charge is -2.25. The topological polar surface area (TPSA) is 124 Å². The molecule has 38 heavy (non-hydrogen) atoms. The Hall–Kier alpha value is -2.13. The van der Waals surface area contributed by atoms with Crippen molar-refractivity contribution in [2.24, 2.45) is 5.92 Å². The van der Waals surface area contributed by atoms with Crippen molar-refractivity contribution in [3.05, 3.63) is 52.0 Å². The fourth-order valence-corrected chi connectivity index (χ4v) is 5.61. The molecule has 210 valence electrons. The number of para-hydroxylation sites is 1. The number of hydrogen-bond donors (Lipinski definition) is 3. The molecule has 1 aromatic heterocycles. The van der Waals surface area contributed by atoms with Gasteiger partial charge in [0.1, 0.15) is 28.5 Å². The zero-order valence-corrected chi connectivity index (χ0v) is 23.0. The Labute approximate surface area is 226 Å². The molecule has 0 amide bonds. The summed E-state index contributed by atoms with van der Waals surface area (Å²) in [4.78, 5) is 14.8. The first kappa shape index (κ1) is 30.4. The summed E-state index contributed by atoms with van der Waals surface area (Å²) in [5.74, 6) is -3.06. The first-order valence-electron chi connectivity index (χ1n) is 11.4. The van der Waals surface area contributed by atoms with Crippen LogP contribution in [0.15, 0.2) is 42.6 Å². The predicted octanol–water partition coefficient (Wildman–Crippen LogP) is 4.85. The number of H-pyrrole nitrogens is 1. The standard InChI is InChI=1S/C22H27F3N3O7PS2/c1-12(2)33-20(30)13(3)27-36(31,35-14-7-5-4-6-8-14)32-11-15-18(29)17(22(23,24)25)19(34-15)28-10-9-16(37)26-21(28)38/h4-10,12-13,15,17-19,29H,11H2,1-3H3,(H,27,31)(H,26,37,38)/t13-,15+,17?,18-,19+,36?/m0/s1. The number of hydrogen-bond acceptors (Lipinski definition) is 9. The second-order valence-electron chi connectivity index (χ2n) is 8.67. The molecule has 1 fully saturated rings. The molecule has 1 aliphatic rings. The number of carbonyl (C=O) groups excluding carboxylic acids is 1. The number of halogens is 3. The number of aromatic amines is 1. The molecule has 16 heteroatoms. The molecule has 2 aromatic rings. The highest BCUT2D eigenvalue weighted by Crippen LogP contribution is 2.48. The van der Waals surface area contributed by atoms with Crippen molar-refractivity contribution < 1.29 is 46.2 Å². The summed E-state index contributed by atoms with van der Waals surface area (Å²) >= 11 is 10.0. The molecule has 1 saturated heterocycles. The number of alkyl halides is 3. The number of benzene rings is 1. The van der Waals surface area contributed by atoms with E-state index < -0.39 is 63.0 Å². The maximum absolute atomic E-state index is 14.0. The summed E-state index contributed by atoms with van der Waals surface area (Å²) in [6, 6.07) is 7.93. The van der Waals surface area contributed by atoms with E-state index in [4.69, 9.17) is 43.0 Å². The van der Waals surface area contributed by atoms with Crippen LogP contribution >= 0.6 is 32.2 Å². The van der Waals surface area contributed by atoms with Crippen LogP contribution in [0, 0.1) is 15.3 Å². The van der Waals surface area contributed by atoms with Gasteiger partial charge in [-0.2, -0.15) is 18.3 Å². The van der Waals surface area contributed by atoms with Crippen LogP contribution in [0.1, 0.15) is 27.0 Å². The molecule has 6 atom stereocenters. The lowest BCUT2D eigenvalue weighted by atomic mass is 9.99. The third kappa shape index (κ3) is 7.72. The van der Waals surface area contributed by atoms with E-state index in [1.807, 2.05) is 0 Å². The van der Waals surface area contributed by atoms with Crippen LogP contribution in [0.25, 0.3) is 0 Å². The van der Waals surface area contributed by atoms with Gasteiger partial charge in [0.25, 0.3) is 0 Å². The van der Waals surface area contributed by atoms with Crippen LogP contribution < -0.4 is 9.61 Å². The van der Waals surface area contributed by atoms with E-state index in [2.05, 4.69) is 10.1 Å². The van der Waals surface area contributed by atoms with Crippen LogP contribution in [0.4, 0.5) is 13.2 Å². The molecule has 1 aromatic carbocycles. The van der Waals surface area contributed by atoms with Gasteiger partial charge >= 0.3 is 19.9 Å². The predicted molar refractivity (Wildman–Crippen MR) is 134 cm³/mol. The molecule has 0 radical (unpaired) electrons. The van der Waals surface area contributed by atoms with Crippen molar-refractivity contribution in [3.63, 3.8) is 0 Å². The van der Waals surface area contributed by atoms with Crippen LogP contribution in [0.2, 0.25) is 0 Å². The molecule has 0 bridgehead atoms. The van der Waals surface area contributed by atoms with Gasteiger partial charge in [-0.15, -0.1) is 0 Å². The molecule has 10 nitrogen and oxygen atoms in total. The molecule has 2 unspecified atom stereocenters. The Morgan fingerprint density at radius 1 is 1.24 bits per heavy atom. The van der Waals surface area contributed by atoms with Crippen molar-refractivity contribution in [2.45, 2.75) is 57.5 Å². The van der Waals surface area contributed by atoms with E-state index in [9.17, 15) is 27.6 Å². The van der Waals surface area contributed by atoms with Gasteiger partial charge < -0.3 is 24.1 Å². The monoisotopic (exact) mass is 597 g/mol. The lowest BCUT2D eigenvalue weighted by molar-refractivity contribution is -0.211. The molecular formula is C22H27F3N3O7PS2. The highest BCUT2D eigenvalue weighted by molar-refractivity contribution is 7.72. The Morgan fingerprint density at radius 2 is 1.89 bits per heavy atom. The van der Waals surface area contributed by atoms with E-state index in [-0.39, 0.29) is 15.2 Å². The van der Waals surface area contributed by atoms with E-state index in [0.29, 0.717) is 0 Å². The minimum Gasteiger partial charge on any atom is -0.462 e. The van der Waals surface area contributed by atoms with Crippen molar-refractivity contribution >= 4 is 38.2 Å². The summed E-state index contributed by atoms with van der Waals surface area (Å²) in [6.07, 6.45) is -9.60. The lowest BCUT2D eigenvalue weighted by Crippen LogP contribution is -2.40. The number of carbonyl (C=O) groups is 1. The number of nitrogens with zero attached hydrogens (tertiary/aromatic N) is 1. The van der Waals surface area contributed by atoms with E-state index in [1.165, 1.54) is 31.3 Å². The molecule has 3 rings (SSSR count).